The maximum atomic E-state index is 5.91. The molecule has 0 aliphatic carbocycles. The molecule has 4 nitrogen and oxygen atoms in total. The molecule has 0 saturated heterocycles. The van der Waals surface area contributed by atoms with E-state index in [-0.39, 0.29) is 0 Å². The number of hydrogen-bond donors (Lipinski definition) is 0. The summed E-state index contributed by atoms with van der Waals surface area (Å²) in [7, 11) is 3.33. The summed E-state index contributed by atoms with van der Waals surface area (Å²) in [6.45, 7) is 4.50. The van der Waals surface area contributed by atoms with Gasteiger partial charge in [-0.2, -0.15) is 0 Å². The molecule has 0 unspecified atom stereocenters. The van der Waals surface area contributed by atoms with Crippen LogP contribution in [0.25, 0.3) is 0 Å². The Kier molecular flexibility index (Phi) is 16.4. The fourth-order valence-electron chi connectivity index (χ4n) is 3.66. The smallest absolute Gasteiger partial charge is 0.337 e. The van der Waals surface area contributed by atoms with E-state index in [1.54, 1.807) is 0 Å². The van der Waals surface area contributed by atoms with Crippen molar-refractivity contribution in [1.82, 2.24) is 0 Å². The Hall–Kier alpha value is 0.274. The molecule has 0 rings (SSSR count). The van der Waals surface area contributed by atoms with Gasteiger partial charge >= 0.3 is 17.1 Å². The Morgan fingerprint density at radius 1 is 0.423 bits per heavy atom. The summed E-state index contributed by atoms with van der Waals surface area (Å²) in [5, 5.41) is 0. The van der Waals surface area contributed by atoms with Crippen molar-refractivity contribution in [2.45, 2.75) is 102 Å². The third-order valence-corrected chi connectivity index (χ3v) is 13.1. The highest BCUT2D eigenvalue weighted by molar-refractivity contribution is 6.68. The van der Waals surface area contributed by atoms with Crippen LogP contribution in [0.15, 0.2) is 0 Å². The van der Waals surface area contributed by atoms with Crippen LogP contribution in [0.4, 0.5) is 0 Å². The van der Waals surface area contributed by atoms with Gasteiger partial charge in [-0.1, -0.05) is 78.1 Å². The molecule has 158 valence electrons. The summed E-state index contributed by atoms with van der Waals surface area (Å²) >= 11 is 0. The molecule has 0 spiro atoms. The van der Waals surface area contributed by atoms with Crippen LogP contribution in [0.1, 0.15) is 78.1 Å². The van der Waals surface area contributed by atoms with E-state index in [4.69, 9.17) is 17.7 Å². The zero-order chi connectivity index (χ0) is 19.7. The van der Waals surface area contributed by atoms with E-state index in [9.17, 15) is 0 Å². The van der Waals surface area contributed by atoms with Crippen molar-refractivity contribution < 1.29 is 17.7 Å². The van der Waals surface area contributed by atoms with Gasteiger partial charge in [0.25, 0.3) is 0 Å². The van der Waals surface area contributed by atoms with Gasteiger partial charge in [0.05, 0.1) is 0 Å². The third kappa shape index (κ3) is 10.6. The second-order valence-corrected chi connectivity index (χ2v) is 14.7. The van der Waals surface area contributed by atoms with Gasteiger partial charge < -0.3 is 17.7 Å². The first kappa shape index (κ1) is 26.3. The van der Waals surface area contributed by atoms with Crippen molar-refractivity contribution >= 4 is 17.1 Å². The molecule has 0 saturated carbocycles. The lowest BCUT2D eigenvalue weighted by Gasteiger charge is -2.29. The van der Waals surface area contributed by atoms with Crippen LogP contribution in [0, 0.1) is 0 Å². The predicted octanol–water partition coefficient (Wildman–Crippen LogP) is 6.40. The zero-order valence-electron chi connectivity index (χ0n) is 18.5. The van der Waals surface area contributed by atoms with Gasteiger partial charge in [-0.3, -0.25) is 0 Å². The maximum absolute atomic E-state index is 5.91. The number of hydrogen-bond acceptors (Lipinski definition) is 4. The van der Waals surface area contributed by atoms with Crippen LogP contribution in [-0.4, -0.2) is 45.6 Å². The summed E-state index contributed by atoms with van der Waals surface area (Å²) in [5.41, 5.74) is 0. The third-order valence-electron chi connectivity index (χ3n) is 5.68. The van der Waals surface area contributed by atoms with E-state index >= 15 is 0 Å². The van der Waals surface area contributed by atoms with E-state index < -0.39 is 17.1 Å². The molecule has 0 aliphatic rings. The number of unbranched alkanes of at least 4 members (excludes halogenated alkanes) is 7. The van der Waals surface area contributed by atoms with Crippen LogP contribution < -0.4 is 0 Å². The molecule has 0 aromatic rings. The Balaban J connectivity index is 4.35. The van der Waals surface area contributed by atoms with Gasteiger partial charge in [-0.15, -0.1) is 0 Å². The molecule has 6 heteroatoms. The van der Waals surface area contributed by atoms with Gasteiger partial charge in [-0.25, -0.2) is 0 Å². The van der Waals surface area contributed by atoms with E-state index in [2.05, 4.69) is 13.8 Å². The molecule has 0 aromatic carbocycles. The molecule has 0 aliphatic heterocycles. The quantitative estimate of drug-likeness (QED) is 0.184. The van der Waals surface area contributed by atoms with Crippen molar-refractivity contribution in [3.8, 4) is 0 Å². The highest BCUT2D eigenvalue weighted by Gasteiger charge is 2.37. The molecule has 0 heterocycles. The van der Waals surface area contributed by atoms with Crippen molar-refractivity contribution in [3.63, 3.8) is 0 Å². The molecule has 0 fully saturated rings. The molecular weight excluding hydrogens is 360 g/mol. The van der Waals surface area contributed by atoms with E-state index in [1.165, 1.54) is 51.4 Å². The van der Waals surface area contributed by atoms with Crippen molar-refractivity contribution in [1.29, 1.82) is 0 Å². The van der Waals surface area contributed by atoms with E-state index in [0.717, 1.165) is 37.0 Å². The van der Waals surface area contributed by atoms with Gasteiger partial charge in [0.1, 0.15) is 0 Å². The summed E-state index contributed by atoms with van der Waals surface area (Å²) in [6, 6.07) is 4.40. The highest BCUT2D eigenvalue weighted by atomic mass is 28.4. The molecule has 0 radical (unpaired) electrons. The van der Waals surface area contributed by atoms with Crippen LogP contribution in [0.3, 0.4) is 0 Å². The zero-order valence-corrected chi connectivity index (χ0v) is 20.5. The van der Waals surface area contributed by atoms with Gasteiger partial charge in [0, 0.05) is 28.4 Å². The van der Waals surface area contributed by atoms with Crippen LogP contribution >= 0.6 is 0 Å². The fourth-order valence-corrected chi connectivity index (χ4v) is 9.29. The second-order valence-electron chi connectivity index (χ2n) is 7.47. The number of rotatable bonds is 19. The van der Waals surface area contributed by atoms with Crippen LogP contribution in [-0.2, 0) is 17.7 Å². The lowest BCUT2D eigenvalue weighted by molar-refractivity contribution is 0.233. The maximum Gasteiger partial charge on any atom is 0.337 e. The van der Waals surface area contributed by atoms with Crippen LogP contribution in [0.5, 0.6) is 0 Å². The fraction of sp³-hybridized carbons (Fsp3) is 1.00. The largest absolute Gasteiger partial charge is 0.398 e. The minimum absolute atomic E-state index is 1.08. The first-order valence-electron chi connectivity index (χ1n) is 10.8. The molecule has 0 aromatic heterocycles. The first-order chi connectivity index (χ1) is 12.6. The average molecular weight is 407 g/mol. The monoisotopic (exact) mass is 406 g/mol. The first-order valence-corrected chi connectivity index (χ1v) is 15.2. The summed E-state index contributed by atoms with van der Waals surface area (Å²) < 4.78 is 23.6. The Labute approximate surface area is 165 Å². The predicted molar refractivity (Wildman–Crippen MR) is 116 cm³/mol. The average Bonchev–Trinajstić information content (AvgIpc) is 2.69. The molecule has 0 N–H and O–H groups in total. The normalized spacial score (nSPS) is 12.7. The summed E-state index contributed by atoms with van der Waals surface area (Å²) in [5.74, 6) is 0. The molecular formula is C20H46O4Si2. The van der Waals surface area contributed by atoms with Crippen molar-refractivity contribution in [2.24, 2.45) is 0 Å². The molecule has 0 atom stereocenters. The lowest BCUT2D eigenvalue weighted by Crippen LogP contribution is -2.41. The Morgan fingerprint density at radius 2 is 0.692 bits per heavy atom. The van der Waals surface area contributed by atoms with Gasteiger partial charge in [0.15, 0.2) is 0 Å². The lowest BCUT2D eigenvalue weighted by atomic mass is 10.2. The van der Waals surface area contributed by atoms with Gasteiger partial charge in [-0.05, 0) is 24.2 Å². The van der Waals surface area contributed by atoms with E-state index in [1.807, 2.05) is 28.4 Å². The standard InChI is InChI=1S/C20H46O4Si2/c1-7-9-11-13-17-25(21-3,22-4)19-15-16-20-26(23-5,24-6)18-14-12-10-8-2/h7-20H2,1-6H3. The van der Waals surface area contributed by atoms with Crippen molar-refractivity contribution in [3.05, 3.63) is 0 Å². The van der Waals surface area contributed by atoms with Crippen LogP contribution in [0.2, 0.25) is 24.2 Å². The second kappa shape index (κ2) is 16.2. The highest BCUT2D eigenvalue weighted by Crippen LogP contribution is 2.28. The SMILES string of the molecule is CCCCCC[Si](CCCC[Si](CCCCCC)(OC)OC)(OC)OC. The molecule has 26 heavy (non-hydrogen) atoms. The molecule has 0 bridgehead atoms. The van der Waals surface area contributed by atoms with E-state index in [0.29, 0.717) is 0 Å². The van der Waals surface area contributed by atoms with Crippen molar-refractivity contribution in [2.75, 3.05) is 28.4 Å². The summed E-state index contributed by atoms with van der Waals surface area (Å²) in [6.07, 6.45) is 12.5. The minimum atomic E-state index is -2.01. The Morgan fingerprint density at radius 3 is 0.923 bits per heavy atom. The summed E-state index contributed by atoms with van der Waals surface area (Å²) in [4.78, 5) is 0. The Bertz CT molecular complexity index is 278. The molecule has 0 amide bonds. The minimum Gasteiger partial charge on any atom is -0.398 e. The van der Waals surface area contributed by atoms with Gasteiger partial charge in [0.2, 0.25) is 0 Å². The topological polar surface area (TPSA) is 36.9 Å².